The molecule has 0 spiro atoms. The zero-order valence-corrected chi connectivity index (χ0v) is 11.2. The smallest absolute Gasteiger partial charge is 0.229 e. The van der Waals surface area contributed by atoms with Crippen molar-refractivity contribution >= 4 is 0 Å². The Kier molecular flexibility index (Phi) is 3.75. The SMILES string of the molecule is Cc1cc(-c2noc(CC3CNCCO3)n2)ccc1F. The van der Waals surface area contributed by atoms with Crippen molar-refractivity contribution in [3.8, 4) is 11.4 Å². The number of nitrogens with zero attached hydrogens (tertiary/aromatic N) is 2. The van der Waals surface area contributed by atoms with Crippen molar-refractivity contribution in [2.75, 3.05) is 19.7 Å². The molecule has 5 nitrogen and oxygen atoms in total. The highest BCUT2D eigenvalue weighted by Crippen LogP contribution is 2.19. The molecule has 20 heavy (non-hydrogen) atoms. The standard InChI is InChI=1S/C14H16FN3O2/c1-9-6-10(2-3-12(9)15)14-17-13(20-18-14)7-11-8-16-4-5-19-11/h2-3,6,11,16H,4-5,7-8H2,1H3. The number of morpholine rings is 1. The third-order valence-electron chi connectivity index (χ3n) is 3.29. The van der Waals surface area contributed by atoms with Crippen LogP contribution in [-0.2, 0) is 11.2 Å². The molecule has 1 unspecified atom stereocenters. The van der Waals surface area contributed by atoms with Crippen molar-refractivity contribution in [2.45, 2.75) is 19.4 Å². The average molecular weight is 277 g/mol. The first-order chi connectivity index (χ1) is 9.72. The molecular formula is C14H16FN3O2. The molecule has 1 aliphatic heterocycles. The number of hydrogen-bond acceptors (Lipinski definition) is 5. The van der Waals surface area contributed by atoms with Crippen LogP contribution in [0.25, 0.3) is 11.4 Å². The molecular weight excluding hydrogens is 261 g/mol. The van der Waals surface area contributed by atoms with E-state index in [4.69, 9.17) is 9.26 Å². The van der Waals surface area contributed by atoms with Gasteiger partial charge >= 0.3 is 0 Å². The number of benzene rings is 1. The molecule has 3 rings (SSSR count). The van der Waals surface area contributed by atoms with E-state index >= 15 is 0 Å². The van der Waals surface area contributed by atoms with Gasteiger partial charge in [-0.2, -0.15) is 4.98 Å². The number of nitrogens with one attached hydrogen (secondary N) is 1. The van der Waals surface area contributed by atoms with E-state index in [1.807, 2.05) is 0 Å². The predicted octanol–water partition coefficient (Wildman–Crippen LogP) is 1.72. The summed E-state index contributed by atoms with van der Waals surface area (Å²) >= 11 is 0. The summed E-state index contributed by atoms with van der Waals surface area (Å²) in [5.74, 6) is 0.779. The summed E-state index contributed by atoms with van der Waals surface area (Å²) in [6.07, 6.45) is 0.646. The number of aromatic nitrogens is 2. The second-order valence-corrected chi connectivity index (χ2v) is 4.88. The second-order valence-electron chi connectivity index (χ2n) is 4.88. The maximum Gasteiger partial charge on any atom is 0.229 e. The molecule has 1 aromatic heterocycles. The first kappa shape index (κ1) is 13.2. The van der Waals surface area contributed by atoms with Gasteiger partial charge in [0.2, 0.25) is 11.7 Å². The fraction of sp³-hybridized carbons (Fsp3) is 0.429. The Morgan fingerprint density at radius 1 is 1.45 bits per heavy atom. The van der Waals surface area contributed by atoms with Gasteiger partial charge in [0, 0.05) is 18.7 Å². The molecule has 2 aromatic rings. The van der Waals surface area contributed by atoms with Gasteiger partial charge in [0.25, 0.3) is 0 Å². The van der Waals surface area contributed by atoms with Crippen LogP contribution >= 0.6 is 0 Å². The fourth-order valence-corrected chi connectivity index (χ4v) is 2.18. The lowest BCUT2D eigenvalue weighted by molar-refractivity contribution is 0.0246. The Hall–Kier alpha value is -1.79. The molecule has 0 amide bonds. The number of rotatable bonds is 3. The zero-order chi connectivity index (χ0) is 13.9. The van der Waals surface area contributed by atoms with Gasteiger partial charge in [0.05, 0.1) is 19.1 Å². The van der Waals surface area contributed by atoms with E-state index < -0.39 is 0 Å². The topological polar surface area (TPSA) is 60.2 Å². The van der Waals surface area contributed by atoms with Crippen LogP contribution in [0.5, 0.6) is 0 Å². The highest BCUT2D eigenvalue weighted by Gasteiger charge is 2.18. The predicted molar refractivity (Wildman–Crippen MR) is 70.7 cm³/mol. The number of halogens is 1. The normalized spacial score (nSPS) is 19.2. The van der Waals surface area contributed by atoms with Gasteiger partial charge in [-0.05, 0) is 30.7 Å². The van der Waals surface area contributed by atoms with Gasteiger partial charge in [-0.25, -0.2) is 4.39 Å². The molecule has 1 aliphatic rings. The highest BCUT2D eigenvalue weighted by atomic mass is 19.1. The first-order valence-corrected chi connectivity index (χ1v) is 6.64. The van der Waals surface area contributed by atoms with Crippen LogP contribution in [0.15, 0.2) is 22.7 Å². The highest BCUT2D eigenvalue weighted by molar-refractivity contribution is 5.55. The molecule has 0 saturated carbocycles. The summed E-state index contributed by atoms with van der Waals surface area (Å²) < 4.78 is 24.1. The molecule has 2 heterocycles. The summed E-state index contributed by atoms with van der Waals surface area (Å²) in [6, 6.07) is 4.77. The van der Waals surface area contributed by atoms with Crippen LogP contribution in [-0.4, -0.2) is 35.9 Å². The lowest BCUT2D eigenvalue weighted by Crippen LogP contribution is -2.39. The van der Waals surface area contributed by atoms with Crippen molar-refractivity contribution in [1.82, 2.24) is 15.5 Å². The minimum absolute atomic E-state index is 0.0620. The molecule has 1 atom stereocenters. The van der Waals surface area contributed by atoms with E-state index in [1.54, 1.807) is 19.1 Å². The second kappa shape index (κ2) is 5.68. The molecule has 0 bridgehead atoms. The van der Waals surface area contributed by atoms with Gasteiger partial charge in [-0.1, -0.05) is 5.16 Å². The molecule has 106 valence electrons. The largest absolute Gasteiger partial charge is 0.375 e. The maximum absolute atomic E-state index is 13.2. The van der Waals surface area contributed by atoms with Crippen molar-refractivity contribution in [2.24, 2.45) is 0 Å². The van der Waals surface area contributed by atoms with Crippen molar-refractivity contribution in [1.29, 1.82) is 0 Å². The van der Waals surface area contributed by atoms with Crippen molar-refractivity contribution in [3.05, 3.63) is 35.5 Å². The fourth-order valence-electron chi connectivity index (χ4n) is 2.18. The number of aryl methyl sites for hydroxylation is 1. The Labute approximate surface area is 116 Å². The zero-order valence-electron chi connectivity index (χ0n) is 11.2. The van der Waals surface area contributed by atoms with Gasteiger partial charge < -0.3 is 14.6 Å². The van der Waals surface area contributed by atoms with Crippen LogP contribution in [0.1, 0.15) is 11.5 Å². The summed E-state index contributed by atoms with van der Waals surface area (Å²) in [6.45, 7) is 4.07. The van der Waals surface area contributed by atoms with Gasteiger partial charge in [0.15, 0.2) is 0 Å². The Morgan fingerprint density at radius 3 is 3.10 bits per heavy atom. The summed E-state index contributed by atoms with van der Waals surface area (Å²) in [7, 11) is 0. The van der Waals surface area contributed by atoms with Gasteiger partial charge in [0.1, 0.15) is 5.82 Å². The number of hydrogen-bond donors (Lipinski definition) is 1. The van der Waals surface area contributed by atoms with Crippen LogP contribution in [0.2, 0.25) is 0 Å². The molecule has 0 radical (unpaired) electrons. The quantitative estimate of drug-likeness (QED) is 0.925. The Balaban J connectivity index is 1.73. The van der Waals surface area contributed by atoms with E-state index in [1.165, 1.54) is 6.07 Å². The lowest BCUT2D eigenvalue weighted by Gasteiger charge is -2.21. The first-order valence-electron chi connectivity index (χ1n) is 6.64. The van der Waals surface area contributed by atoms with Crippen LogP contribution in [0.4, 0.5) is 4.39 Å². The molecule has 1 fully saturated rings. The maximum atomic E-state index is 13.2. The van der Waals surface area contributed by atoms with Crippen LogP contribution < -0.4 is 5.32 Å². The van der Waals surface area contributed by atoms with E-state index in [0.29, 0.717) is 30.3 Å². The summed E-state index contributed by atoms with van der Waals surface area (Å²) in [4.78, 5) is 4.34. The van der Waals surface area contributed by atoms with Gasteiger partial charge in [-0.3, -0.25) is 0 Å². The molecule has 1 saturated heterocycles. The number of ether oxygens (including phenoxy) is 1. The molecule has 0 aliphatic carbocycles. The van der Waals surface area contributed by atoms with Crippen molar-refractivity contribution in [3.63, 3.8) is 0 Å². The van der Waals surface area contributed by atoms with Crippen LogP contribution in [0, 0.1) is 12.7 Å². The van der Waals surface area contributed by atoms with Crippen molar-refractivity contribution < 1.29 is 13.7 Å². The lowest BCUT2D eigenvalue weighted by atomic mass is 10.1. The third kappa shape index (κ3) is 2.86. The van der Waals surface area contributed by atoms with Crippen LogP contribution in [0.3, 0.4) is 0 Å². The molecule has 1 aromatic carbocycles. The van der Waals surface area contributed by atoms with E-state index in [9.17, 15) is 4.39 Å². The monoisotopic (exact) mass is 277 g/mol. The summed E-state index contributed by atoms with van der Waals surface area (Å²) in [5.41, 5.74) is 1.32. The van der Waals surface area contributed by atoms with E-state index in [0.717, 1.165) is 18.7 Å². The Bertz CT molecular complexity index is 594. The average Bonchev–Trinajstić information content (AvgIpc) is 2.91. The molecule has 6 heteroatoms. The minimum Gasteiger partial charge on any atom is -0.375 e. The van der Waals surface area contributed by atoms with E-state index in [-0.39, 0.29) is 11.9 Å². The third-order valence-corrected chi connectivity index (χ3v) is 3.29. The summed E-state index contributed by atoms with van der Waals surface area (Å²) in [5, 5.41) is 7.19. The Morgan fingerprint density at radius 2 is 2.35 bits per heavy atom. The minimum atomic E-state index is -0.237. The van der Waals surface area contributed by atoms with E-state index in [2.05, 4.69) is 15.5 Å². The molecule has 1 N–H and O–H groups in total. The van der Waals surface area contributed by atoms with Gasteiger partial charge in [-0.15, -0.1) is 0 Å².